The normalized spacial score (nSPS) is 12.3. The Balaban J connectivity index is 0.00000364. The van der Waals surface area contributed by atoms with Gasteiger partial charge in [0.2, 0.25) is 5.91 Å². The molecule has 0 fully saturated rings. The Morgan fingerprint density at radius 2 is 1.48 bits per heavy atom. The molecule has 146 valence electrons. The number of hydrogen-bond acceptors (Lipinski definition) is 3. The fraction of sp³-hybridized carbons (Fsp3) is 0.300. The van der Waals surface area contributed by atoms with Crippen molar-refractivity contribution < 1.29 is 9.59 Å². The molecule has 7 heteroatoms. The van der Waals surface area contributed by atoms with Crippen molar-refractivity contribution in [3.63, 3.8) is 0 Å². The lowest BCUT2D eigenvalue weighted by atomic mass is 10.1. The monoisotopic (exact) mass is 390 g/mol. The topological polar surface area (TPSA) is 96.2 Å². The van der Waals surface area contributed by atoms with E-state index in [9.17, 15) is 9.59 Å². The zero-order valence-corrected chi connectivity index (χ0v) is 16.4. The summed E-state index contributed by atoms with van der Waals surface area (Å²) < 4.78 is 0. The van der Waals surface area contributed by atoms with Crippen LogP contribution in [-0.2, 0) is 4.79 Å². The smallest absolute Gasteiger partial charge is 0.323 e. The molecule has 0 aliphatic rings. The van der Waals surface area contributed by atoms with Gasteiger partial charge in [0, 0.05) is 23.8 Å². The minimum Gasteiger partial charge on any atom is -0.350 e. The van der Waals surface area contributed by atoms with E-state index in [0.29, 0.717) is 18.5 Å². The molecular weight excluding hydrogens is 364 g/mol. The van der Waals surface area contributed by atoms with Gasteiger partial charge < -0.3 is 21.7 Å². The van der Waals surface area contributed by atoms with E-state index in [1.807, 2.05) is 68.4 Å². The molecule has 2 aromatic carbocycles. The first kappa shape index (κ1) is 22.5. The third-order valence-corrected chi connectivity index (χ3v) is 3.90. The molecule has 2 aromatic rings. The number of amides is 3. The maximum absolute atomic E-state index is 12.0. The van der Waals surface area contributed by atoms with Crippen LogP contribution in [0.4, 0.5) is 16.2 Å². The number of carbonyl (C=O) groups is 2. The van der Waals surface area contributed by atoms with Crippen molar-refractivity contribution in [2.45, 2.75) is 38.8 Å². The van der Waals surface area contributed by atoms with E-state index in [-0.39, 0.29) is 36.4 Å². The lowest BCUT2D eigenvalue weighted by Gasteiger charge is -2.15. The number of nitrogens with one attached hydrogen (secondary N) is 3. The second kappa shape index (κ2) is 11.2. The predicted molar refractivity (Wildman–Crippen MR) is 112 cm³/mol. The highest BCUT2D eigenvalue weighted by Crippen LogP contribution is 2.17. The summed E-state index contributed by atoms with van der Waals surface area (Å²) >= 11 is 0. The van der Waals surface area contributed by atoms with Crippen molar-refractivity contribution >= 4 is 35.7 Å². The summed E-state index contributed by atoms with van der Waals surface area (Å²) in [6.45, 7) is 3.81. The van der Waals surface area contributed by atoms with Gasteiger partial charge in [-0.25, -0.2) is 4.79 Å². The van der Waals surface area contributed by atoms with Crippen molar-refractivity contribution in [1.82, 2.24) is 5.32 Å². The van der Waals surface area contributed by atoms with Crippen LogP contribution in [0.3, 0.4) is 0 Å². The lowest BCUT2D eigenvalue weighted by molar-refractivity contribution is -0.121. The number of halogens is 1. The molecule has 2 rings (SSSR count). The molecule has 6 nitrogen and oxygen atoms in total. The highest BCUT2D eigenvalue weighted by atomic mass is 35.5. The SMILES string of the molecule is CC(N)CCC(=O)NC(C)c1ccc(NC(=O)Nc2ccccc2)cc1.Cl. The number of rotatable bonds is 7. The Bertz CT molecular complexity index is 721. The summed E-state index contributed by atoms with van der Waals surface area (Å²) in [5, 5.41) is 8.49. The van der Waals surface area contributed by atoms with Gasteiger partial charge in [0.05, 0.1) is 6.04 Å². The Morgan fingerprint density at radius 1 is 0.926 bits per heavy atom. The first-order valence-electron chi connectivity index (χ1n) is 8.72. The van der Waals surface area contributed by atoms with Crippen LogP contribution in [0.25, 0.3) is 0 Å². The predicted octanol–water partition coefficient (Wildman–Crippen LogP) is 4.06. The zero-order chi connectivity index (χ0) is 18.9. The zero-order valence-electron chi connectivity index (χ0n) is 15.6. The molecule has 0 spiro atoms. The van der Waals surface area contributed by atoms with Gasteiger partial charge in [-0.05, 0) is 50.1 Å². The lowest BCUT2D eigenvalue weighted by Crippen LogP contribution is -2.28. The number of benzene rings is 2. The molecule has 0 aliphatic carbocycles. The Morgan fingerprint density at radius 3 is 2.04 bits per heavy atom. The van der Waals surface area contributed by atoms with E-state index in [4.69, 9.17) is 5.73 Å². The van der Waals surface area contributed by atoms with Crippen LogP contribution in [0.1, 0.15) is 38.3 Å². The van der Waals surface area contributed by atoms with Gasteiger partial charge in [-0.3, -0.25) is 4.79 Å². The van der Waals surface area contributed by atoms with E-state index in [2.05, 4.69) is 16.0 Å². The van der Waals surface area contributed by atoms with Crippen molar-refractivity contribution in [1.29, 1.82) is 0 Å². The quantitative estimate of drug-likeness (QED) is 0.574. The first-order valence-corrected chi connectivity index (χ1v) is 8.72. The van der Waals surface area contributed by atoms with E-state index < -0.39 is 0 Å². The summed E-state index contributed by atoms with van der Waals surface area (Å²) in [6.07, 6.45) is 1.08. The van der Waals surface area contributed by atoms with Gasteiger partial charge >= 0.3 is 6.03 Å². The highest BCUT2D eigenvalue weighted by Gasteiger charge is 2.10. The third kappa shape index (κ3) is 8.11. The van der Waals surface area contributed by atoms with Crippen molar-refractivity contribution in [2.75, 3.05) is 10.6 Å². The average molecular weight is 391 g/mol. The van der Waals surface area contributed by atoms with Crippen LogP contribution in [0.2, 0.25) is 0 Å². The molecule has 5 N–H and O–H groups in total. The minimum absolute atomic E-state index is 0. The molecule has 2 atom stereocenters. The summed E-state index contributed by atoms with van der Waals surface area (Å²) in [7, 11) is 0. The summed E-state index contributed by atoms with van der Waals surface area (Å²) in [5.74, 6) is -0.0146. The number of hydrogen-bond donors (Lipinski definition) is 4. The molecule has 3 amide bonds. The van der Waals surface area contributed by atoms with Crippen LogP contribution >= 0.6 is 12.4 Å². The fourth-order valence-electron chi connectivity index (χ4n) is 2.43. The van der Waals surface area contributed by atoms with Gasteiger partial charge in [-0.1, -0.05) is 30.3 Å². The van der Waals surface area contributed by atoms with Crippen molar-refractivity contribution in [2.24, 2.45) is 5.73 Å². The molecule has 0 aromatic heterocycles. The molecule has 0 heterocycles. The van der Waals surface area contributed by atoms with Gasteiger partial charge in [0.15, 0.2) is 0 Å². The number of urea groups is 1. The van der Waals surface area contributed by atoms with E-state index in [0.717, 1.165) is 11.3 Å². The fourth-order valence-corrected chi connectivity index (χ4v) is 2.43. The third-order valence-electron chi connectivity index (χ3n) is 3.90. The van der Waals surface area contributed by atoms with E-state index >= 15 is 0 Å². The molecule has 0 aliphatic heterocycles. The molecule has 0 radical (unpaired) electrons. The van der Waals surface area contributed by atoms with Crippen LogP contribution in [0.5, 0.6) is 0 Å². The Hall–Kier alpha value is -2.57. The molecule has 0 saturated carbocycles. The largest absolute Gasteiger partial charge is 0.350 e. The number of carbonyl (C=O) groups excluding carboxylic acids is 2. The number of nitrogens with two attached hydrogens (primary N) is 1. The first-order chi connectivity index (χ1) is 12.4. The molecule has 0 bridgehead atoms. The number of para-hydroxylation sites is 1. The maximum Gasteiger partial charge on any atom is 0.323 e. The summed E-state index contributed by atoms with van der Waals surface area (Å²) in [5.41, 5.74) is 8.04. The molecule has 0 saturated heterocycles. The minimum atomic E-state index is -0.304. The summed E-state index contributed by atoms with van der Waals surface area (Å²) in [4.78, 5) is 23.9. The molecule has 2 unspecified atom stereocenters. The van der Waals surface area contributed by atoms with Crippen molar-refractivity contribution in [3.8, 4) is 0 Å². The summed E-state index contributed by atoms with van der Waals surface area (Å²) in [6, 6.07) is 16.2. The second-order valence-corrected chi connectivity index (χ2v) is 6.37. The van der Waals surface area contributed by atoms with Crippen LogP contribution in [0, 0.1) is 0 Å². The Labute approximate surface area is 166 Å². The standard InChI is InChI=1S/C20H26N4O2.ClH/c1-14(21)8-13-19(25)22-15(2)16-9-11-18(12-10-16)24-20(26)23-17-6-4-3-5-7-17;/h3-7,9-12,14-15H,8,13,21H2,1-2H3,(H,22,25)(H2,23,24,26);1H. The van der Waals surface area contributed by atoms with Gasteiger partial charge in [-0.15, -0.1) is 12.4 Å². The van der Waals surface area contributed by atoms with Crippen molar-refractivity contribution in [3.05, 3.63) is 60.2 Å². The van der Waals surface area contributed by atoms with Gasteiger partial charge in [-0.2, -0.15) is 0 Å². The average Bonchev–Trinajstić information content (AvgIpc) is 2.61. The maximum atomic E-state index is 12.0. The van der Waals surface area contributed by atoms with Crippen LogP contribution in [-0.4, -0.2) is 18.0 Å². The van der Waals surface area contributed by atoms with Gasteiger partial charge in [0.25, 0.3) is 0 Å². The van der Waals surface area contributed by atoms with E-state index in [1.54, 1.807) is 0 Å². The number of anilines is 2. The van der Waals surface area contributed by atoms with E-state index in [1.165, 1.54) is 0 Å². The van der Waals surface area contributed by atoms with Crippen LogP contribution in [0.15, 0.2) is 54.6 Å². The molecular formula is C20H27ClN4O2. The Kier molecular flexibility index (Phi) is 9.33. The highest BCUT2D eigenvalue weighted by molar-refractivity contribution is 5.99. The second-order valence-electron chi connectivity index (χ2n) is 6.37. The molecule has 27 heavy (non-hydrogen) atoms. The van der Waals surface area contributed by atoms with Gasteiger partial charge in [0.1, 0.15) is 0 Å². The van der Waals surface area contributed by atoms with Crippen LogP contribution < -0.4 is 21.7 Å².